The summed E-state index contributed by atoms with van der Waals surface area (Å²) < 4.78 is 5.05. The van der Waals surface area contributed by atoms with Crippen LogP contribution in [-0.4, -0.2) is 5.11 Å². The predicted molar refractivity (Wildman–Crippen MR) is 105 cm³/mol. The molecule has 0 saturated heterocycles. The molecule has 1 aliphatic heterocycles. The lowest BCUT2D eigenvalue weighted by atomic mass is 9.93. The monoisotopic (exact) mass is 424 g/mol. The van der Waals surface area contributed by atoms with Gasteiger partial charge >= 0.3 is 0 Å². The highest BCUT2D eigenvalue weighted by Gasteiger charge is 2.38. The van der Waals surface area contributed by atoms with Gasteiger partial charge in [-0.3, -0.25) is 0 Å². The summed E-state index contributed by atoms with van der Waals surface area (Å²) in [5, 5.41) is 15.7. The van der Waals surface area contributed by atoms with Gasteiger partial charge in [0.1, 0.15) is 11.5 Å². The van der Waals surface area contributed by atoms with Crippen LogP contribution in [0, 0.1) is 0 Å². The molecule has 4 aromatic carbocycles. The lowest BCUT2D eigenvalue weighted by molar-refractivity contribution is 0.184. The predicted octanol–water partition coefficient (Wildman–Crippen LogP) is 5.73. The molecule has 0 unspecified atom stereocenters. The van der Waals surface area contributed by atoms with E-state index in [1.807, 2.05) is 48.5 Å². The summed E-state index contributed by atoms with van der Waals surface area (Å²) in [5.41, 5.74) is 1.59. The largest absolute Gasteiger partial charge is 0.456 e. The van der Waals surface area contributed by atoms with Crippen molar-refractivity contribution in [2.24, 2.45) is 0 Å². The van der Waals surface area contributed by atoms with Crippen molar-refractivity contribution in [1.29, 1.82) is 0 Å². The first-order valence-electron chi connectivity index (χ1n) is 7.78. The molecule has 24 heavy (non-hydrogen) atoms. The van der Waals surface area contributed by atoms with Crippen molar-refractivity contribution in [3.8, 4) is 11.5 Å². The van der Waals surface area contributed by atoms with Crippen molar-refractivity contribution in [3.63, 3.8) is 0 Å². The molecular formula is C21H13IO2. The molecule has 0 bridgehead atoms. The number of halogens is 1. The van der Waals surface area contributed by atoms with E-state index in [1.165, 1.54) is 0 Å². The number of ether oxygens (including phenoxy) is 1. The second-order valence-electron chi connectivity index (χ2n) is 6.12. The summed E-state index contributed by atoms with van der Waals surface area (Å²) in [6.07, 6.45) is 0. The van der Waals surface area contributed by atoms with E-state index in [9.17, 15) is 5.11 Å². The number of hydrogen-bond acceptors (Lipinski definition) is 2. The normalized spacial score (nSPS) is 14.9. The molecule has 1 aliphatic rings. The zero-order valence-electron chi connectivity index (χ0n) is 12.7. The summed E-state index contributed by atoms with van der Waals surface area (Å²) in [6.45, 7) is 0. The topological polar surface area (TPSA) is 29.5 Å². The van der Waals surface area contributed by atoms with Crippen molar-refractivity contribution in [2.75, 3.05) is 0 Å². The van der Waals surface area contributed by atoms with E-state index in [1.54, 1.807) is 0 Å². The maximum Gasteiger partial charge on any atom is 0.173 e. The second kappa shape index (κ2) is 4.94. The summed E-state index contributed by atoms with van der Waals surface area (Å²) >= 11 is 2.11. The third-order valence-electron chi connectivity index (χ3n) is 4.63. The molecule has 0 radical (unpaired) electrons. The Morgan fingerprint density at radius 1 is 0.667 bits per heavy atom. The van der Waals surface area contributed by atoms with Gasteiger partial charge in [-0.25, -0.2) is 0 Å². The summed E-state index contributed by atoms with van der Waals surface area (Å²) in [6, 6.07) is 24.3. The Balaban J connectivity index is 1.81. The minimum atomic E-state index is -1.12. The number of fused-ring (bicyclic) bond motifs is 4. The van der Waals surface area contributed by atoms with Crippen LogP contribution in [0.1, 0.15) is 11.1 Å². The maximum atomic E-state index is 11.3. The SMILES string of the molecule is OC1(I)c2cc3ccccc3cc2Oc2cc3ccccc3cc21. The van der Waals surface area contributed by atoms with E-state index in [2.05, 4.69) is 46.9 Å². The first-order valence-corrected chi connectivity index (χ1v) is 8.86. The highest BCUT2D eigenvalue weighted by molar-refractivity contribution is 14.1. The van der Waals surface area contributed by atoms with Crippen molar-refractivity contribution in [3.05, 3.63) is 83.9 Å². The number of aliphatic hydroxyl groups is 1. The Kier molecular flexibility index (Phi) is 2.94. The average molecular weight is 424 g/mol. The molecule has 4 aromatic rings. The molecular weight excluding hydrogens is 411 g/mol. The number of hydrogen-bond donors (Lipinski definition) is 1. The van der Waals surface area contributed by atoms with E-state index < -0.39 is 3.61 Å². The molecule has 2 nitrogen and oxygen atoms in total. The Morgan fingerprint density at radius 3 is 1.46 bits per heavy atom. The third-order valence-corrected chi connectivity index (χ3v) is 5.79. The fraction of sp³-hybridized carbons (Fsp3) is 0.0476. The zero-order chi connectivity index (χ0) is 16.3. The number of rotatable bonds is 0. The molecule has 0 atom stereocenters. The minimum absolute atomic E-state index is 0.716. The number of benzene rings is 4. The lowest BCUT2D eigenvalue weighted by Gasteiger charge is -2.32. The van der Waals surface area contributed by atoms with Gasteiger partial charge in [0, 0.05) is 11.1 Å². The van der Waals surface area contributed by atoms with Gasteiger partial charge in [-0.15, -0.1) is 0 Å². The average Bonchev–Trinajstić information content (AvgIpc) is 2.59. The quantitative estimate of drug-likeness (QED) is 0.289. The summed E-state index contributed by atoms with van der Waals surface area (Å²) in [7, 11) is 0. The molecule has 0 amide bonds. The zero-order valence-corrected chi connectivity index (χ0v) is 14.8. The van der Waals surface area contributed by atoms with Crippen LogP contribution >= 0.6 is 22.6 Å². The van der Waals surface area contributed by atoms with Gasteiger partial charge < -0.3 is 9.84 Å². The molecule has 0 saturated carbocycles. The van der Waals surface area contributed by atoms with Crippen LogP contribution in [0.25, 0.3) is 21.5 Å². The highest BCUT2D eigenvalue weighted by Crippen LogP contribution is 2.52. The van der Waals surface area contributed by atoms with Crippen LogP contribution < -0.4 is 4.74 Å². The maximum absolute atomic E-state index is 11.3. The lowest BCUT2D eigenvalue weighted by Crippen LogP contribution is -2.24. The van der Waals surface area contributed by atoms with Gasteiger partial charge in [-0.1, -0.05) is 48.5 Å². The summed E-state index contributed by atoms with van der Waals surface area (Å²) in [5.74, 6) is 1.43. The van der Waals surface area contributed by atoms with Crippen molar-refractivity contribution in [2.45, 2.75) is 3.61 Å². The standard InChI is InChI=1S/C21H13IO2/c22-21(23)17-9-13-5-1-3-7-15(13)11-19(17)24-20-12-16-8-4-2-6-14(16)10-18(20)21/h1-12,23H. The van der Waals surface area contributed by atoms with Crippen molar-refractivity contribution < 1.29 is 9.84 Å². The first-order chi connectivity index (χ1) is 11.6. The van der Waals surface area contributed by atoms with Crippen LogP contribution in [0.15, 0.2) is 72.8 Å². The van der Waals surface area contributed by atoms with E-state index >= 15 is 0 Å². The van der Waals surface area contributed by atoms with Crippen LogP contribution in [0.5, 0.6) is 11.5 Å². The van der Waals surface area contributed by atoms with Gasteiger partial charge in [0.15, 0.2) is 3.61 Å². The Labute approximate surface area is 152 Å². The molecule has 0 fully saturated rings. The van der Waals surface area contributed by atoms with Gasteiger partial charge in [-0.2, -0.15) is 0 Å². The Bertz CT molecular complexity index is 1030. The van der Waals surface area contributed by atoms with E-state index in [0.717, 1.165) is 32.7 Å². The molecule has 5 rings (SSSR count). The Hall–Kier alpha value is -2.11. The van der Waals surface area contributed by atoms with Gasteiger partial charge in [-0.05, 0) is 68.4 Å². The molecule has 3 heteroatoms. The molecule has 1 N–H and O–H groups in total. The fourth-order valence-electron chi connectivity index (χ4n) is 3.39. The van der Waals surface area contributed by atoms with Crippen molar-refractivity contribution >= 4 is 44.1 Å². The van der Waals surface area contributed by atoms with Gasteiger partial charge in [0.25, 0.3) is 0 Å². The van der Waals surface area contributed by atoms with Crippen LogP contribution in [0.4, 0.5) is 0 Å². The van der Waals surface area contributed by atoms with Gasteiger partial charge in [0.2, 0.25) is 0 Å². The summed E-state index contributed by atoms with van der Waals surface area (Å²) in [4.78, 5) is 0. The Morgan fingerprint density at radius 2 is 1.04 bits per heavy atom. The smallest absolute Gasteiger partial charge is 0.173 e. The highest BCUT2D eigenvalue weighted by atomic mass is 127. The van der Waals surface area contributed by atoms with E-state index in [4.69, 9.17) is 4.74 Å². The molecule has 0 aliphatic carbocycles. The molecule has 0 aromatic heterocycles. The van der Waals surface area contributed by atoms with Crippen LogP contribution in [-0.2, 0) is 3.61 Å². The molecule has 1 heterocycles. The van der Waals surface area contributed by atoms with E-state index in [-0.39, 0.29) is 0 Å². The number of alkyl halides is 1. The first kappa shape index (κ1) is 14.3. The molecule has 116 valence electrons. The third kappa shape index (κ3) is 1.98. The van der Waals surface area contributed by atoms with Crippen LogP contribution in [0.3, 0.4) is 0 Å². The van der Waals surface area contributed by atoms with Crippen molar-refractivity contribution in [1.82, 2.24) is 0 Å². The fourth-order valence-corrected chi connectivity index (χ4v) is 4.23. The molecule has 0 spiro atoms. The van der Waals surface area contributed by atoms with E-state index in [0.29, 0.717) is 11.5 Å². The van der Waals surface area contributed by atoms with Crippen LogP contribution in [0.2, 0.25) is 0 Å². The minimum Gasteiger partial charge on any atom is -0.456 e. The second-order valence-corrected chi connectivity index (χ2v) is 7.68. The van der Waals surface area contributed by atoms with Gasteiger partial charge in [0.05, 0.1) is 0 Å².